The molecule has 0 saturated carbocycles. The molecule has 0 bridgehead atoms. The number of carbonyl (C=O) groups excluding carboxylic acids is 1. The van der Waals surface area contributed by atoms with E-state index in [0.717, 1.165) is 0 Å². The van der Waals surface area contributed by atoms with Crippen LogP contribution >= 0.6 is 23.7 Å². The molecule has 0 atom stereocenters. The fourth-order valence-corrected chi connectivity index (χ4v) is 1.66. The van der Waals surface area contributed by atoms with E-state index in [0.29, 0.717) is 23.7 Å². The number of amides is 1. The first kappa shape index (κ1) is 13.2. The van der Waals surface area contributed by atoms with Crippen LogP contribution in [0.3, 0.4) is 0 Å². The van der Waals surface area contributed by atoms with E-state index in [-0.39, 0.29) is 18.3 Å². The van der Waals surface area contributed by atoms with Crippen LogP contribution in [0.5, 0.6) is 5.75 Å². The topological polar surface area (TPSA) is 64.3 Å². The summed E-state index contributed by atoms with van der Waals surface area (Å²) in [4.78, 5) is 12.0. The van der Waals surface area contributed by atoms with Crippen molar-refractivity contribution in [1.29, 1.82) is 0 Å². The third kappa shape index (κ3) is 3.17. The molecule has 0 spiro atoms. The molecule has 14 heavy (non-hydrogen) atoms. The van der Waals surface area contributed by atoms with Gasteiger partial charge in [-0.25, -0.2) is 0 Å². The zero-order valence-electron chi connectivity index (χ0n) is 7.78. The Balaban J connectivity index is 0.00000169. The van der Waals surface area contributed by atoms with Crippen molar-refractivity contribution in [3.8, 4) is 5.75 Å². The van der Waals surface area contributed by atoms with Crippen molar-refractivity contribution in [3.63, 3.8) is 0 Å². The van der Waals surface area contributed by atoms with Gasteiger partial charge < -0.3 is 15.8 Å². The molecule has 3 N–H and O–H groups in total. The Morgan fingerprint density at radius 3 is 3.00 bits per heavy atom. The van der Waals surface area contributed by atoms with Crippen LogP contribution in [-0.4, -0.2) is 26.1 Å². The maximum absolute atomic E-state index is 11.4. The van der Waals surface area contributed by atoms with E-state index in [1.807, 2.05) is 5.38 Å². The summed E-state index contributed by atoms with van der Waals surface area (Å²) in [6.07, 6.45) is 0. The molecule has 0 aliphatic heterocycles. The Bertz CT molecular complexity index is 291. The minimum Gasteiger partial charge on any atom is -0.495 e. The van der Waals surface area contributed by atoms with Crippen molar-refractivity contribution < 1.29 is 9.53 Å². The van der Waals surface area contributed by atoms with Gasteiger partial charge in [-0.15, -0.1) is 23.7 Å². The molecule has 1 amide bonds. The van der Waals surface area contributed by atoms with Crippen molar-refractivity contribution in [1.82, 2.24) is 5.32 Å². The highest BCUT2D eigenvalue weighted by atomic mass is 35.5. The van der Waals surface area contributed by atoms with Crippen molar-refractivity contribution >= 4 is 29.7 Å². The number of carbonyl (C=O) groups is 1. The van der Waals surface area contributed by atoms with Gasteiger partial charge in [-0.05, 0) is 11.4 Å². The minimum atomic E-state index is -0.127. The molecule has 0 unspecified atom stereocenters. The van der Waals surface area contributed by atoms with Crippen molar-refractivity contribution in [3.05, 3.63) is 16.3 Å². The van der Waals surface area contributed by atoms with Gasteiger partial charge in [0, 0.05) is 13.1 Å². The largest absolute Gasteiger partial charge is 0.495 e. The Hall–Kier alpha value is -0.780. The number of nitrogens with one attached hydrogen (secondary N) is 1. The van der Waals surface area contributed by atoms with Gasteiger partial charge in [-0.3, -0.25) is 4.79 Å². The van der Waals surface area contributed by atoms with Crippen LogP contribution in [0.2, 0.25) is 0 Å². The molecule has 1 rings (SSSR count). The van der Waals surface area contributed by atoms with Gasteiger partial charge in [0.05, 0.1) is 7.11 Å². The number of ether oxygens (including phenoxy) is 1. The molecule has 0 fully saturated rings. The summed E-state index contributed by atoms with van der Waals surface area (Å²) in [6.45, 7) is 0.930. The summed E-state index contributed by atoms with van der Waals surface area (Å²) in [5, 5.41) is 4.49. The van der Waals surface area contributed by atoms with Gasteiger partial charge in [0.1, 0.15) is 10.6 Å². The number of thiophene rings is 1. The number of hydrogen-bond acceptors (Lipinski definition) is 4. The standard InChI is InChI=1S/C8H12N2O2S.ClH/c1-12-6-2-5-13-7(6)8(11)10-4-3-9;/h2,5H,3-4,9H2,1H3,(H,10,11);1H. The van der Waals surface area contributed by atoms with Gasteiger partial charge in [-0.2, -0.15) is 0 Å². The Morgan fingerprint density at radius 1 is 1.71 bits per heavy atom. The van der Waals surface area contributed by atoms with E-state index in [9.17, 15) is 4.79 Å². The average molecular weight is 237 g/mol. The molecule has 0 aromatic carbocycles. The number of halogens is 1. The molecular weight excluding hydrogens is 224 g/mol. The summed E-state index contributed by atoms with van der Waals surface area (Å²) in [7, 11) is 1.54. The Labute approximate surface area is 92.8 Å². The molecule has 80 valence electrons. The second kappa shape index (κ2) is 6.64. The molecule has 0 aliphatic rings. The fraction of sp³-hybridized carbons (Fsp3) is 0.375. The van der Waals surface area contributed by atoms with Crippen LogP contribution in [0.25, 0.3) is 0 Å². The summed E-state index contributed by atoms with van der Waals surface area (Å²) in [6, 6.07) is 1.77. The zero-order chi connectivity index (χ0) is 9.68. The molecule has 4 nitrogen and oxygen atoms in total. The Morgan fingerprint density at radius 2 is 2.43 bits per heavy atom. The third-order valence-corrected chi connectivity index (χ3v) is 2.38. The lowest BCUT2D eigenvalue weighted by Crippen LogP contribution is -2.28. The van der Waals surface area contributed by atoms with Gasteiger partial charge in [0.15, 0.2) is 0 Å². The van der Waals surface area contributed by atoms with E-state index in [2.05, 4.69) is 5.32 Å². The minimum absolute atomic E-state index is 0. The lowest BCUT2D eigenvalue weighted by Gasteiger charge is -2.02. The van der Waals surface area contributed by atoms with E-state index >= 15 is 0 Å². The fourth-order valence-electron chi connectivity index (χ4n) is 0.890. The van der Waals surface area contributed by atoms with Crippen molar-refractivity contribution in [2.75, 3.05) is 20.2 Å². The lowest BCUT2D eigenvalue weighted by molar-refractivity contribution is 0.0956. The second-order valence-corrected chi connectivity index (χ2v) is 3.28. The lowest BCUT2D eigenvalue weighted by atomic mass is 10.4. The number of hydrogen-bond donors (Lipinski definition) is 2. The first-order chi connectivity index (χ1) is 6.29. The molecule has 0 radical (unpaired) electrons. The summed E-state index contributed by atoms with van der Waals surface area (Å²) < 4.78 is 5.00. The highest BCUT2D eigenvalue weighted by Gasteiger charge is 2.12. The van der Waals surface area contributed by atoms with Gasteiger partial charge in [0.25, 0.3) is 5.91 Å². The van der Waals surface area contributed by atoms with Crippen LogP contribution in [0.4, 0.5) is 0 Å². The van der Waals surface area contributed by atoms with Gasteiger partial charge in [0.2, 0.25) is 0 Å². The van der Waals surface area contributed by atoms with Crippen LogP contribution in [0, 0.1) is 0 Å². The predicted octanol–water partition coefficient (Wildman–Crippen LogP) is 0.867. The number of methoxy groups -OCH3 is 1. The summed E-state index contributed by atoms with van der Waals surface area (Å²) >= 11 is 1.35. The smallest absolute Gasteiger partial charge is 0.265 e. The second-order valence-electron chi connectivity index (χ2n) is 2.36. The molecule has 1 aromatic rings. The van der Waals surface area contributed by atoms with Crippen LogP contribution in [0.15, 0.2) is 11.4 Å². The SMILES string of the molecule is COc1ccsc1C(=O)NCCN.Cl. The molecule has 1 heterocycles. The van der Waals surface area contributed by atoms with E-state index in [4.69, 9.17) is 10.5 Å². The molecule has 6 heteroatoms. The van der Waals surface area contributed by atoms with E-state index < -0.39 is 0 Å². The van der Waals surface area contributed by atoms with Crippen molar-refractivity contribution in [2.24, 2.45) is 5.73 Å². The average Bonchev–Trinajstić information content (AvgIpc) is 2.61. The quantitative estimate of drug-likeness (QED) is 0.815. The Kier molecular flexibility index (Phi) is 6.27. The van der Waals surface area contributed by atoms with Crippen LogP contribution in [-0.2, 0) is 0 Å². The zero-order valence-corrected chi connectivity index (χ0v) is 9.41. The normalized spacial score (nSPS) is 9.00. The highest BCUT2D eigenvalue weighted by Crippen LogP contribution is 2.23. The maximum atomic E-state index is 11.4. The number of rotatable bonds is 4. The first-order valence-electron chi connectivity index (χ1n) is 3.89. The maximum Gasteiger partial charge on any atom is 0.265 e. The van der Waals surface area contributed by atoms with Crippen LogP contribution in [0.1, 0.15) is 9.67 Å². The van der Waals surface area contributed by atoms with E-state index in [1.165, 1.54) is 11.3 Å². The molecule has 0 aliphatic carbocycles. The van der Waals surface area contributed by atoms with Crippen molar-refractivity contribution in [2.45, 2.75) is 0 Å². The van der Waals surface area contributed by atoms with Crippen LogP contribution < -0.4 is 15.8 Å². The first-order valence-corrected chi connectivity index (χ1v) is 4.77. The third-order valence-electron chi connectivity index (χ3n) is 1.49. The van der Waals surface area contributed by atoms with Gasteiger partial charge in [-0.1, -0.05) is 0 Å². The summed E-state index contributed by atoms with van der Waals surface area (Å²) in [5.74, 6) is 0.483. The predicted molar refractivity (Wildman–Crippen MR) is 59.5 cm³/mol. The summed E-state index contributed by atoms with van der Waals surface area (Å²) in [5.41, 5.74) is 5.26. The molecule has 0 saturated heterocycles. The molecular formula is C8H13ClN2O2S. The monoisotopic (exact) mass is 236 g/mol. The molecule has 1 aromatic heterocycles. The van der Waals surface area contributed by atoms with E-state index in [1.54, 1.807) is 13.2 Å². The van der Waals surface area contributed by atoms with Gasteiger partial charge >= 0.3 is 0 Å². The number of nitrogens with two attached hydrogens (primary N) is 1. The highest BCUT2D eigenvalue weighted by molar-refractivity contribution is 7.12.